The molecule has 0 unspecified atom stereocenters. The van der Waals surface area contributed by atoms with Crippen LogP contribution in [0.3, 0.4) is 0 Å². The number of fused-ring (bicyclic) bond motifs is 1. The van der Waals surface area contributed by atoms with Crippen molar-refractivity contribution in [1.82, 2.24) is 20.1 Å². The standard InChI is InChI=1S/C28H27F2N5O3/c1-16(2)35-26(37)10-8-23(34-35)28(38)33-24(15-18-4-7-21(29)22(30)14-18)25(36)9-5-17-3-6-20-19(13-17)11-12-32-27(20)31/h3-4,6-8,10-14,16,24H,5,9,15H2,1-2H3,(H2,31,32)(H,33,38)/t24-/m0/s1. The molecule has 8 nitrogen and oxygen atoms in total. The number of benzene rings is 2. The molecule has 38 heavy (non-hydrogen) atoms. The van der Waals surface area contributed by atoms with E-state index in [1.54, 1.807) is 20.0 Å². The summed E-state index contributed by atoms with van der Waals surface area (Å²) >= 11 is 0. The van der Waals surface area contributed by atoms with Crippen LogP contribution in [0.2, 0.25) is 0 Å². The van der Waals surface area contributed by atoms with Crippen LogP contribution < -0.4 is 16.6 Å². The van der Waals surface area contributed by atoms with E-state index in [2.05, 4.69) is 15.4 Å². The smallest absolute Gasteiger partial charge is 0.272 e. The van der Waals surface area contributed by atoms with Crippen LogP contribution in [0.1, 0.15) is 47.9 Å². The molecule has 0 aliphatic carbocycles. The van der Waals surface area contributed by atoms with Gasteiger partial charge >= 0.3 is 0 Å². The first-order chi connectivity index (χ1) is 18.1. The molecule has 0 aliphatic heterocycles. The van der Waals surface area contributed by atoms with Crippen molar-refractivity contribution in [2.75, 3.05) is 5.73 Å². The van der Waals surface area contributed by atoms with Gasteiger partial charge in [-0.3, -0.25) is 14.4 Å². The second-order valence-electron chi connectivity index (χ2n) is 9.29. The van der Waals surface area contributed by atoms with Crippen LogP contribution in [-0.4, -0.2) is 32.5 Å². The summed E-state index contributed by atoms with van der Waals surface area (Å²) in [5, 5.41) is 8.47. The summed E-state index contributed by atoms with van der Waals surface area (Å²) in [5.41, 5.74) is 6.74. The quantitative estimate of drug-likeness (QED) is 0.347. The lowest BCUT2D eigenvalue weighted by Crippen LogP contribution is -2.43. The van der Waals surface area contributed by atoms with Gasteiger partial charge in [0.25, 0.3) is 11.5 Å². The summed E-state index contributed by atoms with van der Waals surface area (Å²) in [7, 11) is 0. The first-order valence-electron chi connectivity index (χ1n) is 12.1. The van der Waals surface area contributed by atoms with Gasteiger partial charge in [0.1, 0.15) is 11.5 Å². The second-order valence-corrected chi connectivity index (χ2v) is 9.29. The number of amides is 1. The number of nitrogens with two attached hydrogens (primary N) is 1. The molecule has 2 aromatic heterocycles. The van der Waals surface area contributed by atoms with Gasteiger partial charge in [0.15, 0.2) is 17.4 Å². The molecule has 0 fully saturated rings. The molecule has 4 rings (SSSR count). The Balaban J connectivity index is 1.55. The highest BCUT2D eigenvalue weighted by molar-refractivity contribution is 5.96. The molecule has 0 bridgehead atoms. The van der Waals surface area contributed by atoms with Gasteiger partial charge in [-0.05, 0) is 67.5 Å². The first kappa shape index (κ1) is 26.6. The van der Waals surface area contributed by atoms with E-state index in [9.17, 15) is 23.2 Å². The Morgan fingerprint density at radius 1 is 1.00 bits per heavy atom. The van der Waals surface area contributed by atoms with Crippen molar-refractivity contribution in [1.29, 1.82) is 0 Å². The Morgan fingerprint density at radius 2 is 1.76 bits per heavy atom. The van der Waals surface area contributed by atoms with Gasteiger partial charge in [0.2, 0.25) is 0 Å². The Hall–Kier alpha value is -4.47. The third-order valence-electron chi connectivity index (χ3n) is 6.18. The molecule has 1 atom stereocenters. The van der Waals surface area contributed by atoms with Gasteiger partial charge in [0, 0.05) is 24.1 Å². The maximum Gasteiger partial charge on any atom is 0.272 e. The van der Waals surface area contributed by atoms with Gasteiger partial charge in [-0.25, -0.2) is 18.4 Å². The Labute approximate surface area is 217 Å². The fourth-order valence-electron chi connectivity index (χ4n) is 4.14. The summed E-state index contributed by atoms with van der Waals surface area (Å²) in [6, 6.07) is 12.0. The number of anilines is 1. The number of carbonyl (C=O) groups excluding carboxylic acids is 2. The van der Waals surface area contributed by atoms with E-state index in [4.69, 9.17) is 5.73 Å². The first-order valence-corrected chi connectivity index (χ1v) is 12.1. The largest absolute Gasteiger partial charge is 0.383 e. The third kappa shape index (κ3) is 6.08. The highest BCUT2D eigenvalue weighted by Gasteiger charge is 2.23. The van der Waals surface area contributed by atoms with Crippen LogP contribution in [-0.2, 0) is 17.6 Å². The number of rotatable bonds is 9. The minimum absolute atomic E-state index is 0.0397. The minimum Gasteiger partial charge on any atom is -0.383 e. The molecule has 0 saturated heterocycles. The van der Waals surface area contributed by atoms with Crippen molar-refractivity contribution in [3.05, 3.63) is 99.6 Å². The highest BCUT2D eigenvalue weighted by atomic mass is 19.2. The van der Waals surface area contributed by atoms with Gasteiger partial charge in [-0.15, -0.1) is 0 Å². The molecular formula is C28H27F2N5O3. The number of nitrogens with one attached hydrogen (secondary N) is 1. The number of nitrogens with zero attached hydrogens (tertiary/aromatic N) is 3. The fourth-order valence-corrected chi connectivity index (χ4v) is 4.14. The number of aromatic nitrogens is 3. The summed E-state index contributed by atoms with van der Waals surface area (Å²) in [5.74, 6) is -2.59. The van der Waals surface area contributed by atoms with Crippen LogP contribution in [0.5, 0.6) is 0 Å². The third-order valence-corrected chi connectivity index (χ3v) is 6.18. The maximum atomic E-state index is 13.8. The number of carbonyl (C=O) groups is 2. The molecule has 0 aliphatic rings. The molecule has 196 valence electrons. The fraction of sp³-hybridized carbons (Fsp3) is 0.250. The van der Waals surface area contributed by atoms with Crippen molar-refractivity contribution >= 4 is 28.3 Å². The Morgan fingerprint density at radius 3 is 2.50 bits per heavy atom. The molecule has 2 aromatic carbocycles. The average molecular weight is 520 g/mol. The van der Waals surface area contributed by atoms with Gasteiger partial charge in [-0.1, -0.05) is 24.3 Å². The topological polar surface area (TPSA) is 120 Å². The van der Waals surface area contributed by atoms with Crippen molar-refractivity contribution in [3.8, 4) is 0 Å². The maximum absolute atomic E-state index is 13.8. The van der Waals surface area contributed by atoms with Crippen LogP contribution in [0.25, 0.3) is 10.8 Å². The van der Waals surface area contributed by atoms with Gasteiger partial charge < -0.3 is 11.1 Å². The molecule has 1 amide bonds. The van der Waals surface area contributed by atoms with E-state index in [0.29, 0.717) is 17.8 Å². The number of ketones is 1. The molecule has 10 heteroatoms. The molecule has 0 spiro atoms. The molecule has 0 saturated carbocycles. The van der Waals surface area contributed by atoms with E-state index in [0.717, 1.165) is 28.5 Å². The average Bonchev–Trinajstić information content (AvgIpc) is 2.89. The predicted molar refractivity (Wildman–Crippen MR) is 140 cm³/mol. The van der Waals surface area contributed by atoms with E-state index < -0.39 is 23.6 Å². The summed E-state index contributed by atoms with van der Waals surface area (Å²) in [6.07, 6.45) is 2.03. The Bertz CT molecular complexity index is 1570. The summed E-state index contributed by atoms with van der Waals surface area (Å²) < 4.78 is 28.5. The van der Waals surface area contributed by atoms with Crippen molar-refractivity contribution in [2.45, 2.75) is 45.2 Å². The minimum atomic E-state index is -1.05. The molecule has 3 N–H and O–H groups in total. The number of hydrogen-bond acceptors (Lipinski definition) is 6. The van der Waals surface area contributed by atoms with E-state index in [1.165, 1.54) is 22.9 Å². The van der Waals surface area contributed by atoms with E-state index in [1.807, 2.05) is 24.3 Å². The number of halogens is 2. The van der Waals surface area contributed by atoms with Crippen LogP contribution >= 0.6 is 0 Å². The molecule has 4 aromatic rings. The van der Waals surface area contributed by atoms with Crippen molar-refractivity contribution in [2.24, 2.45) is 0 Å². The lowest BCUT2D eigenvalue weighted by atomic mass is 9.96. The van der Waals surface area contributed by atoms with E-state index >= 15 is 0 Å². The second kappa shape index (κ2) is 11.3. The lowest BCUT2D eigenvalue weighted by Gasteiger charge is -2.19. The summed E-state index contributed by atoms with van der Waals surface area (Å²) in [4.78, 5) is 42.4. The zero-order chi connectivity index (χ0) is 27.4. The molecular weight excluding hydrogens is 492 g/mol. The normalized spacial score (nSPS) is 12.0. The van der Waals surface area contributed by atoms with E-state index in [-0.39, 0.29) is 35.9 Å². The number of pyridine rings is 1. The lowest BCUT2D eigenvalue weighted by molar-refractivity contribution is -0.120. The number of Topliss-reactive ketones (excluding diaryl/α,β-unsaturated/α-hetero) is 1. The SMILES string of the molecule is CC(C)n1nc(C(=O)N[C@@H](Cc2ccc(F)c(F)c2)C(=O)CCc2ccc3c(N)nccc3c2)ccc1=O. The van der Waals surface area contributed by atoms with Crippen molar-refractivity contribution < 1.29 is 18.4 Å². The molecule has 2 heterocycles. The van der Waals surface area contributed by atoms with Gasteiger partial charge in [-0.2, -0.15) is 5.10 Å². The van der Waals surface area contributed by atoms with Crippen molar-refractivity contribution in [3.63, 3.8) is 0 Å². The highest BCUT2D eigenvalue weighted by Crippen LogP contribution is 2.21. The number of aryl methyl sites for hydroxylation is 1. The van der Waals surface area contributed by atoms with Gasteiger partial charge in [0.05, 0.1) is 12.1 Å². The Kier molecular flexibility index (Phi) is 7.90. The zero-order valence-corrected chi connectivity index (χ0v) is 20.9. The summed E-state index contributed by atoms with van der Waals surface area (Å²) in [6.45, 7) is 3.51. The molecule has 0 radical (unpaired) electrons. The number of nitrogen functional groups attached to an aromatic ring is 1. The monoisotopic (exact) mass is 519 g/mol. The van der Waals surface area contributed by atoms with Crippen LogP contribution in [0.4, 0.5) is 14.6 Å². The van der Waals surface area contributed by atoms with Crippen LogP contribution in [0.15, 0.2) is 65.6 Å². The zero-order valence-electron chi connectivity index (χ0n) is 20.9. The predicted octanol–water partition coefficient (Wildman–Crippen LogP) is 3.78. The number of hydrogen-bond donors (Lipinski definition) is 2. The van der Waals surface area contributed by atoms with Crippen LogP contribution in [0, 0.1) is 11.6 Å².